The van der Waals surface area contributed by atoms with Crippen LogP contribution in [0.5, 0.6) is 0 Å². The predicted octanol–water partition coefficient (Wildman–Crippen LogP) is 5.17. The first-order chi connectivity index (χ1) is 16.4. The molecule has 2 amide bonds. The van der Waals surface area contributed by atoms with Gasteiger partial charge in [-0.05, 0) is 35.4 Å². The second kappa shape index (κ2) is 10.5. The second-order valence-corrected chi connectivity index (χ2v) is 8.21. The van der Waals surface area contributed by atoms with Crippen LogP contribution in [0.1, 0.15) is 33.8 Å². The van der Waals surface area contributed by atoms with Crippen LogP contribution in [0.4, 0.5) is 8.78 Å². The molecule has 0 fully saturated rings. The van der Waals surface area contributed by atoms with Crippen LogP contribution in [0.2, 0.25) is 5.02 Å². The van der Waals surface area contributed by atoms with Crippen molar-refractivity contribution in [3.05, 3.63) is 106 Å². The lowest BCUT2D eigenvalue weighted by molar-refractivity contribution is -0.120. The van der Waals surface area contributed by atoms with Gasteiger partial charge in [0.2, 0.25) is 5.91 Å². The second-order valence-electron chi connectivity index (χ2n) is 7.80. The van der Waals surface area contributed by atoms with Gasteiger partial charge in [0, 0.05) is 53.6 Å². The van der Waals surface area contributed by atoms with E-state index in [0.717, 1.165) is 34.2 Å². The van der Waals surface area contributed by atoms with Crippen molar-refractivity contribution in [2.45, 2.75) is 12.3 Å². The zero-order chi connectivity index (χ0) is 24.1. The number of hydrogen-bond donors (Lipinski definition) is 3. The molecule has 1 atom stereocenters. The topological polar surface area (TPSA) is 74.0 Å². The maximum atomic E-state index is 13.7. The molecule has 0 aliphatic rings. The molecule has 1 heterocycles. The van der Waals surface area contributed by atoms with E-state index in [0.29, 0.717) is 17.6 Å². The molecule has 0 aliphatic carbocycles. The van der Waals surface area contributed by atoms with Crippen LogP contribution in [0.25, 0.3) is 10.9 Å². The van der Waals surface area contributed by atoms with E-state index in [9.17, 15) is 18.4 Å². The fraction of sp³-hybridized carbons (Fsp3) is 0.154. The molecule has 0 bridgehead atoms. The third-order valence-electron chi connectivity index (χ3n) is 5.59. The minimum Gasteiger partial charge on any atom is -0.361 e. The number of aromatic amines is 1. The van der Waals surface area contributed by atoms with Gasteiger partial charge in [-0.25, -0.2) is 8.78 Å². The number of fused-ring (bicyclic) bond motifs is 1. The Kier molecular flexibility index (Phi) is 7.23. The van der Waals surface area contributed by atoms with Crippen LogP contribution in [0, 0.1) is 11.6 Å². The van der Waals surface area contributed by atoms with Crippen molar-refractivity contribution < 1.29 is 18.4 Å². The molecule has 3 N–H and O–H groups in total. The van der Waals surface area contributed by atoms with Gasteiger partial charge in [0.1, 0.15) is 11.6 Å². The van der Waals surface area contributed by atoms with E-state index >= 15 is 0 Å². The van der Waals surface area contributed by atoms with Crippen molar-refractivity contribution in [3.8, 4) is 0 Å². The minimum atomic E-state index is -0.955. The van der Waals surface area contributed by atoms with Crippen LogP contribution in [0.3, 0.4) is 0 Å². The van der Waals surface area contributed by atoms with Gasteiger partial charge in [0.15, 0.2) is 0 Å². The lowest BCUT2D eigenvalue weighted by Crippen LogP contribution is -2.33. The Morgan fingerprint density at radius 2 is 1.71 bits per heavy atom. The smallest absolute Gasteiger partial charge is 0.254 e. The molecule has 1 aromatic heterocycles. The Bertz CT molecular complexity index is 1340. The highest BCUT2D eigenvalue weighted by atomic mass is 35.5. The van der Waals surface area contributed by atoms with E-state index in [1.807, 2.05) is 54.7 Å². The van der Waals surface area contributed by atoms with E-state index in [-0.39, 0.29) is 30.4 Å². The molecule has 4 aromatic rings. The molecule has 174 valence electrons. The normalized spacial score (nSPS) is 11.9. The number of carbonyl (C=O) groups is 2. The van der Waals surface area contributed by atoms with Crippen LogP contribution in [-0.4, -0.2) is 29.9 Å². The van der Waals surface area contributed by atoms with Crippen LogP contribution in [0.15, 0.2) is 72.9 Å². The van der Waals surface area contributed by atoms with Crippen LogP contribution in [-0.2, 0) is 4.79 Å². The predicted molar refractivity (Wildman–Crippen MR) is 128 cm³/mol. The summed E-state index contributed by atoms with van der Waals surface area (Å²) in [6.07, 6.45) is 1.92. The van der Waals surface area contributed by atoms with Gasteiger partial charge in [-0.2, -0.15) is 0 Å². The Balaban J connectivity index is 1.41. The molecule has 0 spiro atoms. The number of para-hydroxylation sites is 1. The van der Waals surface area contributed by atoms with Gasteiger partial charge >= 0.3 is 0 Å². The molecule has 0 saturated heterocycles. The van der Waals surface area contributed by atoms with Gasteiger partial charge in [-0.1, -0.05) is 48.0 Å². The highest BCUT2D eigenvalue weighted by Gasteiger charge is 2.21. The van der Waals surface area contributed by atoms with E-state index in [1.54, 1.807) is 0 Å². The molecular weight excluding hydrogens is 460 g/mol. The van der Waals surface area contributed by atoms with Crippen molar-refractivity contribution in [3.63, 3.8) is 0 Å². The Morgan fingerprint density at radius 1 is 0.941 bits per heavy atom. The summed E-state index contributed by atoms with van der Waals surface area (Å²) in [6.45, 7) is 0.302. The Hall–Kier alpha value is -3.71. The molecule has 8 heteroatoms. The summed E-state index contributed by atoms with van der Waals surface area (Å²) in [4.78, 5) is 27.9. The third kappa shape index (κ3) is 5.26. The highest BCUT2D eigenvalue weighted by Crippen LogP contribution is 2.34. The maximum Gasteiger partial charge on any atom is 0.254 e. The lowest BCUT2D eigenvalue weighted by atomic mass is 9.90. The Morgan fingerprint density at radius 3 is 2.50 bits per heavy atom. The van der Waals surface area contributed by atoms with Crippen LogP contribution < -0.4 is 10.6 Å². The summed E-state index contributed by atoms with van der Waals surface area (Å²) < 4.78 is 26.8. The van der Waals surface area contributed by atoms with Crippen molar-refractivity contribution in [2.24, 2.45) is 0 Å². The number of amides is 2. The number of H-pyrrole nitrogens is 1. The van der Waals surface area contributed by atoms with Gasteiger partial charge in [-0.3, -0.25) is 9.59 Å². The van der Waals surface area contributed by atoms with Crippen molar-refractivity contribution in [2.75, 3.05) is 13.1 Å². The molecule has 3 aromatic carbocycles. The number of nitrogens with one attached hydrogen (secondary N) is 3. The standard InChI is InChI=1S/C26H22ClF2N3O2/c27-22-7-3-1-5-17(22)20(21-14-31-24-8-4-2-6-18(21)24)15-32-25(33)11-12-30-26(34)19-10-9-16(28)13-23(19)29/h1-10,13-14,20,31H,11-12,15H2,(H,30,34)(H,32,33). The quantitative estimate of drug-likeness (QED) is 0.325. The average molecular weight is 482 g/mol. The Labute approximate surface area is 200 Å². The van der Waals surface area contributed by atoms with Crippen LogP contribution >= 0.6 is 11.6 Å². The summed E-state index contributed by atoms with van der Waals surface area (Å²) in [7, 11) is 0. The summed E-state index contributed by atoms with van der Waals surface area (Å²) >= 11 is 6.48. The number of aromatic nitrogens is 1. The maximum absolute atomic E-state index is 13.7. The van der Waals surface area contributed by atoms with Crippen molar-refractivity contribution in [1.82, 2.24) is 15.6 Å². The molecule has 0 radical (unpaired) electrons. The SMILES string of the molecule is O=C(CCNC(=O)c1ccc(F)cc1F)NCC(c1ccccc1Cl)c1c[nH]c2ccccc12. The number of halogens is 3. The van der Waals surface area contributed by atoms with E-state index in [1.165, 1.54) is 0 Å². The van der Waals surface area contributed by atoms with E-state index in [4.69, 9.17) is 11.6 Å². The first-order valence-electron chi connectivity index (χ1n) is 10.7. The fourth-order valence-electron chi connectivity index (χ4n) is 3.89. The summed E-state index contributed by atoms with van der Waals surface area (Å²) in [5, 5.41) is 7.02. The summed E-state index contributed by atoms with van der Waals surface area (Å²) in [6, 6.07) is 18.1. The molecule has 5 nitrogen and oxygen atoms in total. The zero-order valence-corrected chi connectivity index (χ0v) is 18.8. The molecular formula is C26H22ClF2N3O2. The summed E-state index contributed by atoms with van der Waals surface area (Å²) in [5.74, 6) is -2.91. The molecule has 0 saturated carbocycles. The largest absolute Gasteiger partial charge is 0.361 e. The summed E-state index contributed by atoms with van der Waals surface area (Å²) in [5.41, 5.74) is 2.59. The molecule has 34 heavy (non-hydrogen) atoms. The van der Waals surface area contributed by atoms with E-state index in [2.05, 4.69) is 15.6 Å². The average Bonchev–Trinajstić information content (AvgIpc) is 3.24. The molecule has 4 rings (SSSR count). The van der Waals surface area contributed by atoms with Gasteiger partial charge in [0.25, 0.3) is 5.91 Å². The van der Waals surface area contributed by atoms with E-state index < -0.39 is 17.5 Å². The fourth-order valence-corrected chi connectivity index (χ4v) is 4.16. The number of hydrogen-bond acceptors (Lipinski definition) is 2. The number of rotatable bonds is 8. The first kappa shape index (κ1) is 23.4. The number of benzene rings is 3. The lowest BCUT2D eigenvalue weighted by Gasteiger charge is -2.19. The molecule has 1 unspecified atom stereocenters. The monoisotopic (exact) mass is 481 g/mol. The number of carbonyl (C=O) groups excluding carboxylic acids is 2. The molecule has 0 aliphatic heterocycles. The van der Waals surface area contributed by atoms with Crippen molar-refractivity contribution >= 4 is 34.3 Å². The van der Waals surface area contributed by atoms with Gasteiger partial charge < -0.3 is 15.6 Å². The van der Waals surface area contributed by atoms with Crippen molar-refractivity contribution in [1.29, 1.82) is 0 Å². The van der Waals surface area contributed by atoms with Gasteiger partial charge in [0.05, 0.1) is 5.56 Å². The van der Waals surface area contributed by atoms with Gasteiger partial charge in [-0.15, -0.1) is 0 Å². The third-order valence-corrected chi connectivity index (χ3v) is 5.94. The highest BCUT2D eigenvalue weighted by molar-refractivity contribution is 6.31. The minimum absolute atomic E-state index is 0.00230. The zero-order valence-electron chi connectivity index (χ0n) is 18.1. The first-order valence-corrected chi connectivity index (χ1v) is 11.1.